The quantitative estimate of drug-likeness (QED) is 0.796. The van der Waals surface area contributed by atoms with Gasteiger partial charge in [-0.3, -0.25) is 0 Å². The Morgan fingerprint density at radius 1 is 1.29 bits per heavy atom. The third kappa shape index (κ3) is 1.93. The van der Waals surface area contributed by atoms with Gasteiger partial charge in [0.2, 0.25) is 0 Å². The number of aromatic nitrogens is 2. The van der Waals surface area contributed by atoms with E-state index in [4.69, 9.17) is 0 Å². The first-order chi connectivity index (χ1) is 6.86. The molecule has 1 aromatic carbocycles. The summed E-state index contributed by atoms with van der Waals surface area (Å²) in [6.45, 7) is 0.757. The standard InChI is InChI=1S/C11H13N3/c1-14-8-7-12-11(14)9-13-10-5-3-2-4-6-10/h2-8,13H,9H2,1H3. The average molecular weight is 187 g/mol. The zero-order valence-corrected chi connectivity index (χ0v) is 8.14. The smallest absolute Gasteiger partial charge is 0.127 e. The number of aryl methyl sites for hydroxylation is 1. The van der Waals surface area contributed by atoms with Gasteiger partial charge >= 0.3 is 0 Å². The molecule has 3 heteroatoms. The maximum atomic E-state index is 4.23. The Kier molecular flexibility index (Phi) is 2.49. The van der Waals surface area contributed by atoms with E-state index in [1.807, 2.05) is 54.3 Å². The highest BCUT2D eigenvalue weighted by atomic mass is 15.1. The summed E-state index contributed by atoms with van der Waals surface area (Å²) in [6, 6.07) is 10.1. The first-order valence-corrected chi connectivity index (χ1v) is 4.61. The molecule has 0 aliphatic heterocycles. The van der Waals surface area contributed by atoms with E-state index in [-0.39, 0.29) is 0 Å². The van der Waals surface area contributed by atoms with Gasteiger partial charge in [0.25, 0.3) is 0 Å². The largest absolute Gasteiger partial charge is 0.378 e. The van der Waals surface area contributed by atoms with E-state index in [2.05, 4.69) is 10.3 Å². The molecule has 2 aromatic rings. The lowest BCUT2D eigenvalue weighted by Crippen LogP contribution is -2.05. The van der Waals surface area contributed by atoms with Gasteiger partial charge in [-0.25, -0.2) is 4.98 Å². The van der Waals surface area contributed by atoms with Crippen LogP contribution >= 0.6 is 0 Å². The lowest BCUT2D eigenvalue weighted by atomic mass is 10.3. The van der Waals surface area contributed by atoms with Crippen LogP contribution in [0.15, 0.2) is 42.7 Å². The Balaban J connectivity index is 1.99. The van der Waals surface area contributed by atoms with Gasteiger partial charge in [0, 0.05) is 25.1 Å². The predicted molar refractivity (Wildman–Crippen MR) is 57.0 cm³/mol. The van der Waals surface area contributed by atoms with Crippen molar-refractivity contribution in [2.24, 2.45) is 7.05 Å². The van der Waals surface area contributed by atoms with E-state index < -0.39 is 0 Å². The molecule has 0 aliphatic rings. The third-order valence-corrected chi connectivity index (χ3v) is 2.15. The van der Waals surface area contributed by atoms with Crippen LogP contribution in [-0.4, -0.2) is 9.55 Å². The normalized spacial score (nSPS) is 10.1. The third-order valence-electron chi connectivity index (χ3n) is 2.15. The van der Waals surface area contributed by atoms with Crippen molar-refractivity contribution in [3.63, 3.8) is 0 Å². The van der Waals surface area contributed by atoms with Crippen LogP contribution in [0.1, 0.15) is 5.82 Å². The van der Waals surface area contributed by atoms with Crippen LogP contribution in [-0.2, 0) is 13.6 Å². The molecule has 1 aromatic heterocycles. The molecule has 0 bridgehead atoms. The number of hydrogen-bond acceptors (Lipinski definition) is 2. The number of nitrogens with one attached hydrogen (secondary N) is 1. The van der Waals surface area contributed by atoms with Gasteiger partial charge in [-0.1, -0.05) is 18.2 Å². The fraction of sp³-hybridized carbons (Fsp3) is 0.182. The molecule has 0 aliphatic carbocycles. The van der Waals surface area contributed by atoms with Crippen LogP contribution in [0.5, 0.6) is 0 Å². The van der Waals surface area contributed by atoms with E-state index in [0.29, 0.717) is 0 Å². The molecule has 0 saturated heterocycles. The van der Waals surface area contributed by atoms with E-state index in [1.165, 1.54) is 0 Å². The SMILES string of the molecule is Cn1ccnc1CNc1ccccc1. The van der Waals surface area contributed by atoms with E-state index in [9.17, 15) is 0 Å². The average Bonchev–Trinajstić information content (AvgIpc) is 2.63. The van der Waals surface area contributed by atoms with Crippen molar-refractivity contribution in [1.82, 2.24) is 9.55 Å². The maximum Gasteiger partial charge on any atom is 0.127 e. The molecule has 72 valence electrons. The molecule has 0 radical (unpaired) electrons. The molecule has 1 heterocycles. The van der Waals surface area contributed by atoms with Gasteiger partial charge in [0.05, 0.1) is 6.54 Å². The van der Waals surface area contributed by atoms with Crippen molar-refractivity contribution in [3.8, 4) is 0 Å². The fourth-order valence-electron chi connectivity index (χ4n) is 1.30. The summed E-state index contributed by atoms with van der Waals surface area (Å²) in [4.78, 5) is 4.23. The number of benzene rings is 1. The van der Waals surface area contributed by atoms with Crippen molar-refractivity contribution < 1.29 is 0 Å². The lowest BCUT2D eigenvalue weighted by Gasteiger charge is -2.05. The number of nitrogens with zero attached hydrogens (tertiary/aromatic N) is 2. The lowest BCUT2D eigenvalue weighted by molar-refractivity contribution is 0.813. The Hall–Kier alpha value is -1.77. The highest BCUT2D eigenvalue weighted by Crippen LogP contribution is 2.06. The minimum atomic E-state index is 0.757. The second-order valence-electron chi connectivity index (χ2n) is 3.17. The Bertz CT molecular complexity index is 392. The van der Waals surface area contributed by atoms with Crippen molar-refractivity contribution in [2.45, 2.75) is 6.54 Å². The van der Waals surface area contributed by atoms with E-state index >= 15 is 0 Å². The Morgan fingerprint density at radius 2 is 2.07 bits per heavy atom. The molecule has 2 rings (SSSR count). The van der Waals surface area contributed by atoms with E-state index in [0.717, 1.165) is 18.1 Å². The zero-order chi connectivity index (χ0) is 9.80. The molecule has 0 atom stereocenters. The minimum Gasteiger partial charge on any atom is -0.378 e. The van der Waals surface area contributed by atoms with E-state index in [1.54, 1.807) is 0 Å². The summed E-state index contributed by atoms with van der Waals surface area (Å²) in [6.07, 6.45) is 3.75. The summed E-state index contributed by atoms with van der Waals surface area (Å²) >= 11 is 0. The summed E-state index contributed by atoms with van der Waals surface area (Å²) in [5.41, 5.74) is 1.12. The van der Waals surface area contributed by atoms with Gasteiger partial charge in [-0.05, 0) is 12.1 Å². The highest BCUT2D eigenvalue weighted by molar-refractivity contribution is 5.42. The summed E-state index contributed by atoms with van der Waals surface area (Å²) in [7, 11) is 2.00. The van der Waals surface area contributed by atoms with Crippen LogP contribution in [0.25, 0.3) is 0 Å². The summed E-state index contributed by atoms with van der Waals surface area (Å²) < 4.78 is 2.01. The van der Waals surface area contributed by atoms with Crippen LogP contribution in [0.2, 0.25) is 0 Å². The maximum absolute atomic E-state index is 4.23. The molecular weight excluding hydrogens is 174 g/mol. The van der Waals surface area contributed by atoms with Crippen LogP contribution in [0.3, 0.4) is 0 Å². The van der Waals surface area contributed by atoms with Gasteiger partial charge in [0.1, 0.15) is 5.82 Å². The van der Waals surface area contributed by atoms with Gasteiger partial charge in [-0.2, -0.15) is 0 Å². The molecular formula is C11H13N3. The van der Waals surface area contributed by atoms with Crippen LogP contribution < -0.4 is 5.32 Å². The first-order valence-electron chi connectivity index (χ1n) is 4.61. The molecule has 0 unspecified atom stereocenters. The minimum absolute atomic E-state index is 0.757. The number of rotatable bonds is 3. The fourth-order valence-corrected chi connectivity index (χ4v) is 1.30. The zero-order valence-electron chi connectivity index (χ0n) is 8.14. The Labute approximate surface area is 83.4 Å². The molecule has 1 N–H and O–H groups in total. The molecule has 0 spiro atoms. The van der Waals surface area contributed by atoms with Crippen LogP contribution in [0.4, 0.5) is 5.69 Å². The van der Waals surface area contributed by atoms with Crippen molar-refractivity contribution in [3.05, 3.63) is 48.5 Å². The first kappa shape index (κ1) is 8.81. The molecule has 3 nitrogen and oxygen atoms in total. The van der Waals surface area contributed by atoms with Crippen molar-refractivity contribution in [2.75, 3.05) is 5.32 Å². The summed E-state index contributed by atoms with van der Waals surface area (Å²) in [5, 5.41) is 3.30. The number of hydrogen-bond donors (Lipinski definition) is 1. The number of para-hydroxylation sites is 1. The number of anilines is 1. The van der Waals surface area contributed by atoms with Gasteiger partial charge < -0.3 is 9.88 Å². The summed E-state index contributed by atoms with van der Waals surface area (Å²) in [5.74, 6) is 1.04. The molecule has 0 amide bonds. The molecule has 0 saturated carbocycles. The number of imidazole rings is 1. The predicted octanol–water partition coefficient (Wildman–Crippen LogP) is 2.03. The van der Waals surface area contributed by atoms with Crippen LogP contribution in [0, 0.1) is 0 Å². The van der Waals surface area contributed by atoms with Crippen molar-refractivity contribution >= 4 is 5.69 Å². The second kappa shape index (κ2) is 3.96. The Morgan fingerprint density at radius 3 is 2.71 bits per heavy atom. The topological polar surface area (TPSA) is 29.9 Å². The van der Waals surface area contributed by atoms with Gasteiger partial charge in [0.15, 0.2) is 0 Å². The monoisotopic (exact) mass is 187 g/mol. The van der Waals surface area contributed by atoms with Crippen molar-refractivity contribution in [1.29, 1.82) is 0 Å². The highest BCUT2D eigenvalue weighted by Gasteiger charge is 1.97. The molecule has 14 heavy (non-hydrogen) atoms. The molecule has 0 fully saturated rings. The van der Waals surface area contributed by atoms with Gasteiger partial charge in [-0.15, -0.1) is 0 Å². The second-order valence-corrected chi connectivity index (χ2v) is 3.17.